The molecule has 0 aliphatic heterocycles. The SMILES string of the molecule is CCCCc1ccc(C(Br)c2ccc(C)c(C)c2)cc1. The van der Waals surface area contributed by atoms with Crippen LogP contribution in [0.25, 0.3) is 0 Å². The van der Waals surface area contributed by atoms with Crippen molar-refractivity contribution in [3.8, 4) is 0 Å². The first kappa shape index (κ1) is 15.3. The molecular formula is C19H23Br. The Morgan fingerprint density at radius 3 is 2.15 bits per heavy atom. The van der Waals surface area contributed by atoms with E-state index in [0.717, 1.165) is 0 Å². The third-order valence-corrected chi connectivity index (χ3v) is 4.97. The minimum atomic E-state index is 0.280. The summed E-state index contributed by atoms with van der Waals surface area (Å²) in [5.74, 6) is 0. The van der Waals surface area contributed by atoms with Crippen LogP contribution in [0.5, 0.6) is 0 Å². The van der Waals surface area contributed by atoms with Crippen molar-refractivity contribution in [3.05, 3.63) is 70.3 Å². The number of aryl methyl sites for hydroxylation is 3. The van der Waals surface area contributed by atoms with Crippen molar-refractivity contribution >= 4 is 15.9 Å². The van der Waals surface area contributed by atoms with Gasteiger partial charge in [-0.05, 0) is 54.5 Å². The topological polar surface area (TPSA) is 0 Å². The molecule has 0 nitrogen and oxygen atoms in total. The van der Waals surface area contributed by atoms with Gasteiger partial charge in [-0.25, -0.2) is 0 Å². The van der Waals surface area contributed by atoms with E-state index >= 15 is 0 Å². The van der Waals surface area contributed by atoms with Crippen LogP contribution in [0.2, 0.25) is 0 Å². The van der Waals surface area contributed by atoms with Gasteiger partial charge >= 0.3 is 0 Å². The van der Waals surface area contributed by atoms with Crippen LogP contribution in [0.4, 0.5) is 0 Å². The summed E-state index contributed by atoms with van der Waals surface area (Å²) in [6.07, 6.45) is 3.72. The molecular weight excluding hydrogens is 308 g/mol. The van der Waals surface area contributed by atoms with E-state index in [1.165, 1.54) is 47.1 Å². The van der Waals surface area contributed by atoms with Gasteiger partial charge in [-0.2, -0.15) is 0 Å². The number of halogens is 1. The highest BCUT2D eigenvalue weighted by atomic mass is 79.9. The fraction of sp³-hybridized carbons (Fsp3) is 0.368. The highest BCUT2D eigenvalue weighted by Gasteiger charge is 2.10. The lowest BCUT2D eigenvalue weighted by atomic mass is 9.99. The summed E-state index contributed by atoms with van der Waals surface area (Å²) in [5.41, 5.74) is 6.80. The summed E-state index contributed by atoms with van der Waals surface area (Å²) in [6.45, 7) is 6.57. The first-order valence-electron chi connectivity index (χ1n) is 7.42. The van der Waals surface area contributed by atoms with Crippen LogP contribution in [0.3, 0.4) is 0 Å². The predicted molar refractivity (Wildman–Crippen MR) is 91.7 cm³/mol. The van der Waals surface area contributed by atoms with Gasteiger partial charge in [-0.3, -0.25) is 0 Å². The van der Waals surface area contributed by atoms with Gasteiger partial charge in [0.25, 0.3) is 0 Å². The second-order valence-corrected chi connectivity index (χ2v) is 6.47. The van der Waals surface area contributed by atoms with Crippen molar-refractivity contribution in [2.45, 2.75) is 44.9 Å². The number of benzene rings is 2. The fourth-order valence-electron chi connectivity index (χ4n) is 2.35. The van der Waals surface area contributed by atoms with Crippen molar-refractivity contribution < 1.29 is 0 Å². The molecule has 2 rings (SSSR count). The first-order valence-corrected chi connectivity index (χ1v) is 8.33. The van der Waals surface area contributed by atoms with Crippen molar-refractivity contribution in [1.29, 1.82) is 0 Å². The van der Waals surface area contributed by atoms with E-state index in [1.807, 2.05) is 0 Å². The summed E-state index contributed by atoms with van der Waals surface area (Å²) in [4.78, 5) is 0.280. The molecule has 0 amide bonds. The van der Waals surface area contributed by atoms with Crippen LogP contribution in [-0.2, 0) is 6.42 Å². The molecule has 1 atom stereocenters. The molecule has 2 aromatic carbocycles. The summed E-state index contributed by atoms with van der Waals surface area (Å²) < 4.78 is 0. The van der Waals surface area contributed by atoms with E-state index in [1.54, 1.807) is 0 Å². The Labute approximate surface area is 131 Å². The van der Waals surface area contributed by atoms with Gasteiger partial charge in [0, 0.05) is 0 Å². The second kappa shape index (κ2) is 7.08. The molecule has 0 radical (unpaired) electrons. The molecule has 1 unspecified atom stereocenters. The van der Waals surface area contributed by atoms with E-state index in [4.69, 9.17) is 0 Å². The summed E-state index contributed by atoms with van der Waals surface area (Å²) in [7, 11) is 0. The summed E-state index contributed by atoms with van der Waals surface area (Å²) in [6, 6.07) is 15.7. The van der Waals surface area contributed by atoms with Crippen molar-refractivity contribution in [3.63, 3.8) is 0 Å². The third kappa shape index (κ3) is 3.73. The third-order valence-electron chi connectivity index (χ3n) is 3.91. The minimum Gasteiger partial charge on any atom is -0.0786 e. The lowest BCUT2D eigenvalue weighted by Gasteiger charge is -2.13. The molecule has 0 aliphatic rings. The Morgan fingerprint density at radius 1 is 0.900 bits per heavy atom. The van der Waals surface area contributed by atoms with E-state index in [0.29, 0.717) is 0 Å². The standard InChI is InChI=1S/C19H23Br/c1-4-5-6-16-8-11-17(12-9-16)19(20)18-10-7-14(2)15(3)13-18/h7-13,19H,4-6H2,1-3H3. The molecule has 0 fully saturated rings. The summed E-state index contributed by atoms with van der Waals surface area (Å²) in [5, 5.41) is 0. The maximum Gasteiger partial charge on any atom is 0.0644 e. The largest absolute Gasteiger partial charge is 0.0786 e. The van der Waals surface area contributed by atoms with Gasteiger partial charge in [0.2, 0.25) is 0 Å². The van der Waals surface area contributed by atoms with Crippen molar-refractivity contribution in [1.82, 2.24) is 0 Å². The van der Waals surface area contributed by atoms with Crippen LogP contribution in [0.1, 0.15) is 52.4 Å². The van der Waals surface area contributed by atoms with Crippen LogP contribution < -0.4 is 0 Å². The van der Waals surface area contributed by atoms with Gasteiger partial charge in [0.1, 0.15) is 0 Å². The second-order valence-electron chi connectivity index (χ2n) is 5.55. The number of unbranched alkanes of at least 4 members (excludes halogenated alkanes) is 1. The zero-order valence-corrected chi connectivity index (χ0v) is 14.2. The van der Waals surface area contributed by atoms with Gasteiger partial charge in [-0.15, -0.1) is 0 Å². The lowest BCUT2D eigenvalue weighted by molar-refractivity contribution is 0.795. The molecule has 0 aliphatic carbocycles. The molecule has 106 valence electrons. The predicted octanol–water partition coefficient (Wildman–Crippen LogP) is 6.13. The van der Waals surface area contributed by atoms with E-state index in [2.05, 4.69) is 79.2 Å². The van der Waals surface area contributed by atoms with Gasteiger partial charge in [0.15, 0.2) is 0 Å². The Hall–Kier alpha value is -1.08. The van der Waals surface area contributed by atoms with Crippen LogP contribution >= 0.6 is 15.9 Å². The lowest BCUT2D eigenvalue weighted by Crippen LogP contribution is -1.95. The number of rotatable bonds is 5. The highest BCUT2D eigenvalue weighted by Crippen LogP contribution is 2.31. The van der Waals surface area contributed by atoms with Gasteiger partial charge in [-0.1, -0.05) is 71.7 Å². The Bertz CT molecular complexity index is 554. The molecule has 0 heterocycles. The molecule has 1 heteroatoms. The van der Waals surface area contributed by atoms with Crippen molar-refractivity contribution in [2.75, 3.05) is 0 Å². The zero-order valence-electron chi connectivity index (χ0n) is 12.6. The molecule has 20 heavy (non-hydrogen) atoms. The Balaban J connectivity index is 2.15. The average Bonchev–Trinajstić information content (AvgIpc) is 2.48. The number of hydrogen-bond acceptors (Lipinski definition) is 0. The smallest absolute Gasteiger partial charge is 0.0644 e. The Kier molecular flexibility index (Phi) is 5.42. The van der Waals surface area contributed by atoms with E-state index in [-0.39, 0.29) is 4.83 Å². The molecule has 0 saturated heterocycles. The van der Waals surface area contributed by atoms with E-state index in [9.17, 15) is 0 Å². The number of hydrogen-bond donors (Lipinski definition) is 0. The highest BCUT2D eigenvalue weighted by molar-refractivity contribution is 9.09. The van der Waals surface area contributed by atoms with Gasteiger partial charge < -0.3 is 0 Å². The van der Waals surface area contributed by atoms with Crippen molar-refractivity contribution in [2.24, 2.45) is 0 Å². The molecule has 0 spiro atoms. The van der Waals surface area contributed by atoms with Crippen LogP contribution in [-0.4, -0.2) is 0 Å². The monoisotopic (exact) mass is 330 g/mol. The maximum absolute atomic E-state index is 3.83. The number of alkyl halides is 1. The zero-order chi connectivity index (χ0) is 14.5. The molecule has 0 N–H and O–H groups in total. The summed E-state index contributed by atoms with van der Waals surface area (Å²) >= 11 is 3.83. The van der Waals surface area contributed by atoms with Crippen LogP contribution in [0.15, 0.2) is 42.5 Å². The average molecular weight is 331 g/mol. The molecule has 2 aromatic rings. The van der Waals surface area contributed by atoms with Crippen LogP contribution in [0, 0.1) is 13.8 Å². The fourth-order valence-corrected chi connectivity index (χ4v) is 2.94. The normalized spacial score (nSPS) is 12.4. The molecule has 0 saturated carbocycles. The molecule has 0 aromatic heterocycles. The molecule has 0 bridgehead atoms. The van der Waals surface area contributed by atoms with Gasteiger partial charge in [0.05, 0.1) is 4.83 Å². The van der Waals surface area contributed by atoms with E-state index < -0.39 is 0 Å². The minimum absolute atomic E-state index is 0.280. The Morgan fingerprint density at radius 2 is 1.55 bits per heavy atom. The maximum atomic E-state index is 3.83. The first-order chi connectivity index (χ1) is 9.61. The quantitative estimate of drug-likeness (QED) is 0.578.